The lowest BCUT2D eigenvalue weighted by atomic mass is 9.88. The minimum absolute atomic E-state index is 0.462. The van der Waals surface area contributed by atoms with Crippen molar-refractivity contribution in [3.05, 3.63) is 52.4 Å². The fourth-order valence-electron chi connectivity index (χ4n) is 3.26. The van der Waals surface area contributed by atoms with Gasteiger partial charge in [-0.1, -0.05) is 68.1 Å². The highest BCUT2D eigenvalue weighted by Gasteiger charge is 2.21. The van der Waals surface area contributed by atoms with Crippen LogP contribution in [0.25, 0.3) is 0 Å². The van der Waals surface area contributed by atoms with Crippen molar-refractivity contribution in [2.24, 2.45) is 0 Å². The number of benzene rings is 1. The van der Waals surface area contributed by atoms with Gasteiger partial charge in [0.25, 0.3) is 0 Å². The fraction of sp³-hybridized carbons (Fsp3) is 0.474. The second-order valence-electron chi connectivity index (χ2n) is 6.23. The zero-order chi connectivity index (χ0) is 16.1. The molecule has 1 N–H and O–H groups in total. The van der Waals surface area contributed by atoms with E-state index in [4.69, 9.17) is 16.6 Å². The molecule has 0 spiro atoms. The van der Waals surface area contributed by atoms with Crippen LogP contribution in [-0.4, -0.2) is 9.97 Å². The number of nitrogens with zero attached hydrogens (tertiary/aromatic N) is 2. The van der Waals surface area contributed by atoms with E-state index in [0.29, 0.717) is 11.1 Å². The largest absolute Gasteiger partial charge is 0.366 e. The molecular formula is C19H24ClN3. The van der Waals surface area contributed by atoms with E-state index in [1.54, 1.807) is 0 Å². The summed E-state index contributed by atoms with van der Waals surface area (Å²) in [5.74, 6) is 2.28. The van der Waals surface area contributed by atoms with Crippen molar-refractivity contribution < 1.29 is 0 Å². The molecule has 1 heterocycles. The van der Waals surface area contributed by atoms with Gasteiger partial charge in [0.2, 0.25) is 0 Å². The average Bonchev–Trinajstić information content (AvgIpc) is 2.61. The molecule has 3 nitrogen and oxygen atoms in total. The van der Waals surface area contributed by atoms with Crippen molar-refractivity contribution in [2.75, 3.05) is 5.32 Å². The Morgan fingerprint density at radius 1 is 1.09 bits per heavy atom. The summed E-state index contributed by atoms with van der Waals surface area (Å²) in [5, 5.41) is 4.08. The molecule has 122 valence electrons. The van der Waals surface area contributed by atoms with E-state index in [9.17, 15) is 0 Å². The summed E-state index contributed by atoms with van der Waals surface area (Å²) in [6, 6.07) is 10.4. The summed E-state index contributed by atoms with van der Waals surface area (Å²) in [6.45, 7) is 2.85. The average molecular weight is 330 g/mol. The first-order valence-corrected chi connectivity index (χ1v) is 8.99. The van der Waals surface area contributed by atoms with Crippen LogP contribution in [0.4, 0.5) is 5.82 Å². The molecule has 4 heteroatoms. The highest BCUT2D eigenvalue weighted by Crippen LogP contribution is 2.33. The van der Waals surface area contributed by atoms with Crippen molar-refractivity contribution in [3.63, 3.8) is 0 Å². The summed E-state index contributed by atoms with van der Waals surface area (Å²) in [5.41, 5.74) is 2.26. The topological polar surface area (TPSA) is 37.8 Å². The van der Waals surface area contributed by atoms with Crippen LogP contribution in [0.15, 0.2) is 30.3 Å². The standard InChI is InChI=1S/C19H24ClN3/c1-2-16-17(20)22-18(15-11-7-4-8-12-15)23-19(16)21-13-14-9-5-3-6-10-14/h3,5-6,9-10,15H,2,4,7-8,11-13H2,1H3,(H,21,22,23). The predicted molar refractivity (Wildman–Crippen MR) is 96.0 cm³/mol. The van der Waals surface area contributed by atoms with Gasteiger partial charge in [-0.05, 0) is 24.8 Å². The van der Waals surface area contributed by atoms with Crippen LogP contribution in [-0.2, 0) is 13.0 Å². The van der Waals surface area contributed by atoms with Crippen LogP contribution >= 0.6 is 11.6 Å². The number of aromatic nitrogens is 2. The lowest BCUT2D eigenvalue weighted by Crippen LogP contribution is -2.13. The summed E-state index contributed by atoms with van der Waals surface area (Å²) >= 11 is 6.44. The Hall–Kier alpha value is -1.61. The Morgan fingerprint density at radius 2 is 1.83 bits per heavy atom. The third-order valence-electron chi connectivity index (χ3n) is 4.60. The SMILES string of the molecule is CCc1c(Cl)nc(C2CCCCC2)nc1NCc1ccccc1. The molecule has 1 aromatic heterocycles. The fourth-order valence-corrected chi connectivity index (χ4v) is 3.57. The van der Waals surface area contributed by atoms with Crippen molar-refractivity contribution in [1.82, 2.24) is 9.97 Å². The first kappa shape index (κ1) is 16.3. The van der Waals surface area contributed by atoms with Gasteiger partial charge in [0.15, 0.2) is 0 Å². The van der Waals surface area contributed by atoms with E-state index < -0.39 is 0 Å². The molecule has 1 aliphatic rings. The van der Waals surface area contributed by atoms with Gasteiger partial charge in [0.05, 0.1) is 0 Å². The molecule has 1 fully saturated rings. The van der Waals surface area contributed by atoms with Gasteiger partial charge in [-0.2, -0.15) is 0 Å². The first-order valence-electron chi connectivity index (χ1n) is 8.62. The van der Waals surface area contributed by atoms with Gasteiger partial charge in [-0.3, -0.25) is 0 Å². The molecule has 23 heavy (non-hydrogen) atoms. The van der Waals surface area contributed by atoms with Crippen LogP contribution in [0, 0.1) is 0 Å². The first-order chi connectivity index (χ1) is 11.3. The zero-order valence-electron chi connectivity index (χ0n) is 13.7. The Labute approximate surface area is 143 Å². The minimum Gasteiger partial charge on any atom is -0.366 e. The molecule has 2 aromatic rings. The van der Waals surface area contributed by atoms with Gasteiger partial charge in [-0.15, -0.1) is 0 Å². The van der Waals surface area contributed by atoms with Crippen molar-refractivity contribution in [3.8, 4) is 0 Å². The molecule has 0 unspecified atom stereocenters. The Morgan fingerprint density at radius 3 is 2.52 bits per heavy atom. The van der Waals surface area contributed by atoms with Gasteiger partial charge in [0, 0.05) is 18.0 Å². The highest BCUT2D eigenvalue weighted by molar-refractivity contribution is 6.30. The molecule has 3 rings (SSSR count). The Bertz CT molecular complexity index is 637. The summed E-state index contributed by atoms with van der Waals surface area (Å²) in [4.78, 5) is 9.43. The number of hydrogen-bond donors (Lipinski definition) is 1. The van der Waals surface area contributed by atoms with E-state index in [1.807, 2.05) is 6.07 Å². The monoisotopic (exact) mass is 329 g/mol. The Balaban J connectivity index is 1.82. The molecule has 0 saturated heterocycles. The number of anilines is 1. The minimum atomic E-state index is 0.462. The third kappa shape index (κ3) is 4.03. The molecule has 0 atom stereocenters. The van der Waals surface area contributed by atoms with Gasteiger partial charge < -0.3 is 5.32 Å². The van der Waals surface area contributed by atoms with Crippen molar-refractivity contribution >= 4 is 17.4 Å². The third-order valence-corrected chi connectivity index (χ3v) is 4.91. The lowest BCUT2D eigenvalue weighted by molar-refractivity contribution is 0.428. The predicted octanol–water partition coefficient (Wildman–Crippen LogP) is 5.35. The highest BCUT2D eigenvalue weighted by atomic mass is 35.5. The van der Waals surface area contributed by atoms with Crippen LogP contribution in [0.2, 0.25) is 5.15 Å². The molecule has 0 aliphatic heterocycles. The second kappa shape index (κ2) is 7.78. The van der Waals surface area contributed by atoms with Crippen molar-refractivity contribution in [2.45, 2.75) is 57.9 Å². The van der Waals surface area contributed by atoms with Gasteiger partial charge >= 0.3 is 0 Å². The summed E-state index contributed by atoms with van der Waals surface area (Å²) < 4.78 is 0. The van der Waals surface area contributed by atoms with Gasteiger partial charge in [0.1, 0.15) is 16.8 Å². The summed E-state index contributed by atoms with van der Waals surface area (Å²) in [7, 11) is 0. The molecular weight excluding hydrogens is 306 g/mol. The second-order valence-corrected chi connectivity index (χ2v) is 6.59. The van der Waals surface area contributed by atoms with Crippen LogP contribution in [0.5, 0.6) is 0 Å². The number of halogens is 1. The maximum Gasteiger partial charge on any atom is 0.138 e. The molecule has 1 aliphatic carbocycles. The van der Waals surface area contributed by atoms with Crippen LogP contribution in [0.3, 0.4) is 0 Å². The van der Waals surface area contributed by atoms with E-state index in [0.717, 1.165) is 30.2 Å². The summed E-state index contributed by atoms with van der Waals surface area (Å²) in [6.07, 6.45) is 7.07. The van der Waals surface area contributed by atoms with Crippen molar-refractivity contribution in [1.29, 1.82) is 0 Å². The maximum absolute atomic E-state index is 6.44. The van der Waals surface area contributed by atoms with E-state index in [-0.39, 0.29) is 0 Å². The number of hydrogen-bond acceptors (Lipinski definition) is 3. The maximum atomic E-state index is 6.44. The van der Waals surface area contributed by atoms with E-state index >= 15 is 0 Å². The number of rotatable bonds is 5. The quantitative estimate of drug-likeness (QED) is 0.751. The molecule has 1 saturated carbocycles. The molecule has 0 radical (unpaired) electrons. The molecule has 0 amide bonds. The van der Waals surface area contributed by atoms with Crippen LogP contribution < -0.4 is 5.32 Å². The number of nitrogens with one attached hydrogen (secondary N) is 1. The normalized spacial score (nSPS) is 15.6. The van der Waals surface area contributed by atoms with Gasteiger partial charge in [-0.25, -0.2) is 9.97 Å². The zero-order valence-corrected chi connectivity index (χ0v) is 14.4. The lowest BCUT2D eigenvalue weighted by Gasteiger charge is -2.22. The molecule has 1 aromatic carbocycles. The molecule has 0 bridgehead atoms. The van der Waals surface area contributed by atoms with E-state index in [2.05, 4.69) is 41.5 Å². The van der Waals surface area contributed by atoms with E-state index in [1.165, 1.54) is 37.7 Å². The smallest absolute Gasteiger partial charge is 0.138 e. The Kier molecular flexibility index (Phi) is 5.50. The van der Waals surface area contributed by atoms with Crippen LogP contribution in [0.1, 0.15) is 61.9 Å².